The molecule has 3 aromatic rings. The number of nitrogens with zero attached hydrogens (tertiary/aromatic N) is 1. The summed E-state index contributed by atoms with van der Waals surface area (Å²) in [5.74, 6) is 0.205. The van der Waals surface area contributed by atoms with Gasteiger partial charge in [-0.2, -0.15) is 0 Å². The lowest BCUT2D eigenvalue weighted by Crippen LogP contribution is -2.45. The minimum absolute atomic E-state index is 0.0398. The number of hydrogen-bond acceptors (Lipinski definition) is 5. The van der Waals surface area contributed by atoms with Gasteiger partial charge in [-0.1, -0.05) is 73.7 Å². The number of rotatable bonds is 9. The van der Waals surface area contributed by atoms with Gasteiger partial charge in [0.1, 0.15) is 11.2 Å². The fraction of sp³-hybridized carbons (Fsp3) is 0.382. The van der Waals surface area contributed by atoms with E-state index in [1.54, 1.807) is 19.2 Å². The van der Waals surface area contributed by atoms with Gasteiger partial charge in [-0.3, -0.25) is 14.4 Å². The number of ketones is 1. The van der Waals surface area contributed by atoms with E-state index in [-0.39, 0.29) is 29.5 Å². The smallest absolute Gasteiger partial charge is 0.321 e. The maximum Gasteiger partial charge on any atom is 0.321 e. The van der Waals surface area contributed by atoms with Crippen molar-refractivity contribution in [3.05, 3.63) is 101 Å². The minimum atomic E-state index is -0.946. The van der Waals surface area contributed by atoms with Crippen molar-refractivity contribution in [2.45, 2.75) is 50.4 Å². The van der Waals surface area contributed by atoms with E-state index in [9.17, 15) is 14.4 Å². The second kappa shape index (κ2) is 12.1. The van der Waals surface area contributed by atoms with Crippen LogP contribution in [0, 0.1) is 5.92 Å². The van der Waals surface area contributed by atoms with Crippen molar-refractivity contribution < 1.29 is 23.9 Å². The number of likely N-dealkylation sites (tertiary alicyclic amines) is 1. The molecule has 1 saturated heterocycles. The topological polar surface area (TPSA) is 72.9 Å². The molecule has 1 aliphatic heterocycles. The Morgan fingerprint density at radius 3 is 2.42 bits per heavy atom. The number of Topliss-reactive ketones (excluding diaryl/α,β-unsaturated/α-hetero) is 1. The highest BCUT2D eigenvalue weighted by Gasteiger charge is 2.50. The number of benzene rings is 3. The standard InChI is InChI=1S/C34H37NO5/c1-3-21-40-33(38)34(25-11-5-4-6-12-25)19-17-27(26-13-7-9-15-29(26)34)32(37)35-20-18-24(23-35)22-30(36)28-14-8-10-16-31(28)39-2/h4-16,24,27H,3,17-23H2,1-2H3/t24?,27-,34+/m1/s1. The first kappa shape index (κ1) is 27.6. The van der Waals surface area contributed by atoms with E-state index in [0.29, 0.717) is 50.3 Å². The van der Waals surface area contributed by atoms with Gasteiger partial charge in [-0.05, 0) is 60.4 Å². The molecule has 0 N–H and O–H groups in total. The molecule has 6 nitrogen and oxygen atoms in total. The van der Waals surface area contributed by atoms with Crippen molar-refractivity contribution in [1.29, 1.82) is 0 Å². The predicted molar refractivity (Wildman–Crippen MR) is 154 cm³/mol. The van der Waals surface area contributed by atoms with Gasteiger partial charge in [0.15, 0.2) is 5.78 Å². The number of ether oxygens (including phenoxy) is 2. The van der Waals surface area contributed by atoms with Crippen LogP contribution in [0.25, 0.3) is 0 Å². The highest BCUT2D eigenvalue weighted by atomic mass is 16.5. The zero-order chi connectivity index (χ0) is 28.1. The highest BCUT2D eigenvalue weighted by molar-refractivity contribution is 5.99. The van der Waals surface area contributed by atoms with Crippen LogP contribution in [0.3, 0.4) is 0 Å². The van der Waals surface area contributed by atoms with Crippen molar-refractivity contribution in [3.8, 4) is 5.75 Å². The lowest BCUT2D eigenvalue weighted by molar-refractivity contribution is -0.150. The van der Waals surface area contributed by atoms with E-state index in [2.05, 4.69) is 0 Å². The average molecular weight is 540 g/mol. The first-order chi connectivity index (χ1) is 19.5. The Morgan fingerprint density at radius 1 is 0.925 bits per heavy atom. The lowest BCUT2D eigenvalue weighted by Gasteiger charge is -2.41. The van der Waals surface area contributed by atoms with Crippen molar-refractivity contribution in [1.82, 2.24) is 4.90 Å². The zero-order valence-corrected chi connectivity index (χ0v) is 23.3. The summed E-state index contributed by atoms with van der Waals surface area (Å²) in [5.41, 5.74) is 2.28. The van der Waals surface area contributed by atoms with Gasteiger partial charge in [0.2, 0.25) is 5.91 Å². The van der Waals surface area contributed by atoms with Crippen LogP contribution in [0.4, 0.5) is 0 Å². The van der Waals surface area contributed by atoms with Crippen LogP contribution < -0.4 is 4.74 Å². The van der Waals surface area contributed by atoms with Gasteiger partial charge in [-0.15, -0.1) is 0 Å². The Kier molecular flexibility index (Phi) is 8.34. The summed E-state index contributed by atoms with van der Waals surface area (Å²) >= 11 is 0. The molecule has 1 unspecified atom stereocenters. The molecular formula is C34H37NO5. The maximum absolute atomic E-state index is 14.0. The molecule has 0 saturated carbocycles. The minimum Gasteiger partial charge on any atom is -0.496 e. The van der Waals surface area contributed by atoms with Gasteiger partial charge in [0.25, 0.3) is 0 Å². The third-order valence-corrected chi connectivity index (χ3v) is 8.43. The number of amides is 1. The molecule has 3 atom stereocenters. The summed E-state index contributed by atoms with van der Waals surface area (Å²) < 4.78 is 11.1. The molecule has 0 bridgehead atoms. The fourth-order valence-electron chi connectivity index (χ4n) is 6.43. The number of methoxy groups -OCH3 is 1. The summed E-state index contributed by atoms with van der Waals surface area (Å²) in [5, 5.41) is 0. The Morgan fingerprint density at radius 2 is 1.65 bits per heavy atom. The molecule has 40 heavy (non-hydrogen) atoms. The molecular weight excluding hydrogens is 502 g/mol. The summed E-state index contributed by atoms with van der Waals surface area (Å²) in [6.07, 6.45) is 2.96. The quantitative estimate of drug-likeness (QED) is 0.249. The normalized spacial score (nSPS) is 21.9. The van der Waals surface area contributed by atoms with E-state index in [0.717, 1.165) is 29.5 Å². The van der Waals surface area contributed by atoms with Crippen LogP contribution in [0.1, 0.15) is 72.0 Å². The molecule has 0 aromatic heterocycles. The van der Waals surface area contributed by atoms with Crippen LogP contribution in [0.2, 0.25) is 0 Å². The number of para-hydroxylation sites is 1. The van der Waals surface area contributed by atoms with Crippen molar-refractivity contribution in [2.24, 2.45) is 5.92 Å². The van der Waals surface area contributed by atoms with Crippen LogP contribution in [-0.4, -0.2) is 49.4 Å². The molecule has 1 fully saturated rings. The van der Waals surface area contributed by atoms with Crippen molar-refractivity contribution in [2.75, 3.05) is 26.8 Å². The second-order valence-corrected chi connectivity index (χ2v) is 10.9. The fourth-order valence-corrected chi connectivity index (χ4v) is 6.43. The molecule has 5 rings (SSSR count). The van der Waals surface area contributed by atoms with E-state index >= 15 is 0 Å². The molecule has 1 heterocycles. The zero-order valence-electron chi connectivity index (χ0n) is 23.3. The average Bonchev–Trinajstić information content (AvgIpc) is 3.47. The first-order valence-corrected chi connectivity index (χ1v) is 14.3. The largest absolute Gasteiger partial charge is 0.496 e. The molecule has 3 aromatic carbocycles. The van der Waals surface area contributed by atoms with Crippen LogP contribution in [0.5, 0.6) is 5.75 Å². The molecule has 1 amide bonds. The van der Waals surface area contributed by atoms with E-state index in [1.165, 1.54) is 0 Å². The summed E-state index contributed by atoms with van der Waals surface area (Å²) in [7, 11) is 1.57. The second-order valence-electron chi connectivity index (χ2n) is 10.9. The van der Waals surface area contributed by atoms with Crippen LogP contribution >= 0.6 is 0 Å². The molecule has 1 aliphatic carbocycles. The van der Waals surface area contributed by atoms with E-state index in [1.807, 2.05) is 78.6 Å². The van der Waals surface area contributed by atoms with Gasteiger partial charge in [0, 0.05) is 19.5 Å². The van der Waals surface area contributed by atoms with Crippen LogP contribution in [0.15, 0.2) is 78.9 Å². The molecule has 6 heteroatoms. The number of fused-ring (bicyclic) bond motifs is 1. The first-order valence-electron chi connectivity index (χ1n) is 14.3. The molecule has 0 spiro atoms. The Balaban J connectivity index is 1.37. The number of carbonyl (C=O) groups excluding carboxylic acids is 3. The van der Waals surface area contributed by atoms with Crippen molar-refractivity contribution in [3.63, 3.8) is 0 Å². The summed E-state index contributed by atoms with van der Waals surface area (Å²) in [6.45, 7) is 3.53. The number of esters is 1. The Labute approximate surface area is 236 Å². The van der Waals surface area contributed by atoms with E-state index in [4.69, 9.17) is 9.47 Å². The van der Waals surface area contributed by atoms with Crippen LogP contribution in [-0.2, 0) is 19.7 Å². The Hall–Kier alpha value is -3.93. The third-order valence-electron chi connectivity index (χ3n) is 8.43. The maximum atomic E-state index is 14.0. The Bertz CT molecular complexity index is 1370. The number of hydrogen-bond donors (Lipinski definition) is 0. The van der Waals surface area contributed by atoms with Gasteiger partial charge in [-0.25, -0.2) is 0 Å². The predicted octanol–water partition coefficient (Wildman–Crippen LogP) is 5.93. The van der Waals surface area contributed by atoms with Gasteiger partial charge >= 0.3 is 5.97 Å². The van der Waals surface area contributed by atoms with Gasteiger partial charge in [0.05, 0.1) is 25.2 Å². The van der Waals surface area contributed by atoms with Crippen molar-refractivity contribution >= 4 is 17.7 Å². The molecule has 0 radical (unpaired) electrons. The number of carbonyl (C=O) groups is 3. The van der Waals surface area contributed by atoms with E-state index < -0.39 is 5.41 Å². The lowest BCUT2D eigenvalue weighted by atomic mass is 9.63. The molecule has 2 aliphatic rings. The third kappa shape index (κ3) is 5.15. The molecule has 208 valence electrons. The summed E-state index contributed by atoms with van der Waals surface area (Å²) in [4.78, 5) is 42.6. The monoisotopic (exact) mass is 539 g/mol. The highest BCUT2D eigenvalue weighted by Crippen LogP contribution is 2.48. The summed E-state index contributed by atoms with van der Waals surface area (Å²) in [6, 6.07) is 24.9. The van der Waals surface area contributed by atoms with Gasteiger partial charge < -0.3 is 14.4 Å². The SMILES string of the molecule is CCCOC(=O)[C@]1(c2ccccc2)CC[C@@H](C(=O)N2CCC(CC(=O)c3ccccc3OC)C2)c2ccccc21.